The molecule has 20 heavy (non-hydrogen) atoms. The standard InChI is InChI=1S/C16H17N3O/c1-17-15-9-8-13(11-18-15)16(20)19-10-4-6-12-5-2-3-7-14(12)19/h2-3,5,7-9,11H,4,6,10H2,1H3,(H,17,18). The SMILES string of the molecule is CNc1ccc(C(=O)N2CCCc3ccccc32)cn1. The minimum Gasteiger partial charge on any atom is -0.373 e. The van der Waals surface area contributed by atoms with Gasteiger partial charge in [-0.05, 0) is 36.6 Å². The summed E-state index contributed by atoms with van der Waals surface area (Å²) in [6.07, 6.45) is 3.67. The lowest BCUT2D eigenvalue weighted by molar-refractivity contribution is 0.0985. The molecular formula is C16H17N3O. The normalized spacial score (nSPS) is 13.8. The van der Waals surface area contributed by atoms with Gasteiger partial charge in [0.2, 0.25) is 0 Å². The number of anilines is 2. The fourth-order valence-corrected chi connectivity index (χ4v) is 2.57. The van der Waals surface area contributed by atoms with Crippen LogP contribution in [-0.2, 0) is 6.42 Å². The van der Waals surface area contributed by atoms with Crippen molar-refractivity contribution in [2.45, 2.75) is 12.8 Å². The molecule has 1 aliphatic heterocycles. The summed E-state index contributed by atoms with van der Waals surface area (Å²) in [5.41, 5.74) is 2.90. The van der Waals surface area contributed by atoms with Crippen molar-refractivity contribution in [3.8, 4) is 0 Å². The van der Waals surface area contributed by atoms with E-state index in [0.717, 1.165) is 30.9 Å². The van der Waals surface area contributed by atoms with Crippen LogP contribution in [-0.4, -0.2) is 24.5 Å². The predicted octanol–water partition coefficient (Wildman–Crippen LogP) is 2.72. The van der Waals surface area contributed by atoms with Crippen LogP contribution >= 0.6 is 0 Å². The first-order chi connectivity index (χ1) is 9.79. The molecule has 0 saturated heterocycles. The van der Waals surface area contributed by atoms with Crippen LogP contribution in [0.1, 0.15) is 22.3 Å². The number of carbonyl (C=O) groups excluding carboxylic acids is 1. The molecule has 1 aromatic carbocycles. The Morgan fingerprint density at radius 3 is 2.85 bits per heavy atom. The van der Waals surface area contributed by atoms with E-state index in [1.54, 1.807) is 6.20 Å². The highest BCUT2D eigenvalue weighted by Crippen LogP contribution is 2.28. The maximum absolute atomic E-state index is 12.6. The second-order valence-electron chi connectivity index (χ2n) is 4.87. The minimum atomic E-state index is 0.0207. The lowest BCUT2D eigenvalue weighted by Crippen LogP contribution is -2.35. The van der Waals surface area contributed by atoms with Crippen molar-refractivity contribution in [2.24, 2.45) is 0 Å². The van der Waals surface area contributed by atoms with Crippen molar-refractivity contribution in [3.63, 3.8) is 0 Å². The number of hydrogen-bond acceptors (Lipinski definition) is 3. The topological polar surface area (TPSA) is 45.2 Å². The molecule has 0 aliphatic carbocycles. The van der Waals surface area contributed by atoms with Gasteiger partial charge in [-0.15, -0.1) is 0 Å². The summed E-state index contributed by atoms with van der Waals surface area (Å²) in [6, 6.07) is 11.8. The lowest BCUT2D eigenvalue weighted by atomic mass is 10.0. The van der Waals surface area contributed by atoms with E-state index >= 15 is 0 Å². The molecule has 0 bridgehead atoms. The molecule has 1 N–H and O–H groups in total. The zero-order valence-electron chi connectivity index (χ0n) is 11.5. The minimum absolute atomic E-state index is 0.0207. The van der Waals surface area contributed by atoms with Crippen molar-refractivity contribution in [3.05, 3.63) is 53.7 Å². The zero-order valence-corrected chi connectivity index (χ0v) is 11.5. The molecule has 0 radical (unpaired) electrons. The van der Waals surface area contributed by atoms with Gasteiger partial charge in [0.05, 0.1) is 5.56 Å². The second kappa shape index (κ2) is 5.33. The first-order valence-electron chi connectivity index (χ1n) is 6.83. The molecular weight excluding hydrogens is 250 g/mol. The molecule has 0 spiro atoms. The summed E-state index contributed by atoms with van der Waals surface area (Å²) in [4.78, 5) is 18.7. The molecule has 0 saturated carbocycles. The molecule has 0 fully saturated rings. The number of para-hydroxylation sites is 1. The Balaban J connectivity index is 1.91. The number of amides is 1. The quantitative estimate of drug-likeness (QED) is 0.910. The van der Waals surface area contributed by atoms with Crippen LogP contribution in [0.5, 0.6) is 0 Å². The highest BCUT2D eigenvalue weighted by atomic mass is 16.2. The fraction of sp³-hybridized carbons (Fsp3) is 0.250. The smallest absolute Gasteiger partial charge is 0.259 e. The summed E-state index contributed by atoms with van der Waals surface area (Å²) in [7, 11) is 1.81. The van der Waals surface area contributed by atoms with Gasteiger partial charge in [0, 0.05) is 25.5 Å². The Labute approximate surface area is 118 Å². The van der Waals surface area contributed by atoms with E-state index in [9.17, 15) is 4.79 Å². The average molecular weight is 267 g/mol. The molecule has 1 aliphatic rings. The molecule has 4 heteroatoms. The first kappa shape index (κ1) is 12.7. The summed E-state index contributed by atoms with van der Waals surface area (Å²) < 4.78 is 0. The number of hydrogen-bond donors (Lipinski definition) is 1. The third-order valence-corrected chi connectivity index (χ3v) is 3.62. The van der Waals surface area contributed by atoms with E-state index in [2.05, 4.69) is 16.4 Å². The van der Waals surface area contributed by atoms with Gasteiger partial charge in [-0.3, -0.25) is 4.79 Å². The van der Waals surface area contributed by atoms with Gasteiger partial charge >= 0.3 is 0 Å². The number of aryl methyl sites for hydroxylation is 1. The van der Waals surface area contributed by atoms with Gasteiger partial charge in [-0.1, -0.05) is 18.2 Å². The van der Waals surface area contributed by atoms with Crippen LogP contribution in [0, 0.1) is 0 Å². The zero-order chi connectivity index (χ0) is 13.9. The number of nitrogens with zero attached hydrogens (tertiary/aromatic N) is 2. The Kier molecular flexibility index (Phi) is 3.37. The molecule has 2 heterocycles. The van der Waals surface area contributed by atoms with E-state index in [0.29, 0.717) is 5.56 Å². The van der Waals surface area contributed by atoms with Gasteiger partial charge in [0.1, 0.15) is 5.82 Å². The van der Waals surface area contributed by atoms with Crippen molar-refractivity contribution in [1.82, 2.24) is 4.98 Å². The van der Waals surface area contributed by atoms with E-state index < -0.39 is 0 Å². The third-order valence-electron chi connectivity index (χ3n) is 3.62. The Hall–Kier alpha value is -2.36. The van der Waals surface area contributed by atoms with Crippen LogP contribution in [0.4, 0.5) is 11.5 Å². The Bertz CT molecular complexity index is 622. The van der Waals surface area contributed by atoms with Gasteiger partial charge in [-0.25, -0.2) is 4.98 Å². The van der Waals surface area contributed by atoms with Gasteiger partial charge in [0.15, 0.2) is 0 Å². The maximum atomic E-state index is 12.6. The van der Waals surface area contributed by atoms with Crippen LogP contribution in [0.2, 0.25) is 0 Å². The number of aromatic nitrogens is 1. The number of fused-ring (bicyclic) bond motifs is 1. The first-order valence-corrected chi connectivity index (χ1v) is 6.83. The molecule has 0 atom stereocenters. The predicted molar refractivity (Wildman–Crippen MR) is 80.2 cm³/mol. The number of rotatable bonds is 2. The van der Waals surface area contributed by atoms with E-state index in [1.165, 1.54) is 5.56 Å². The van der Waals surface area contributed by atoms with E-state index in [1.807, 2.05) is 42.3 Å². The van der Waals surface area contributed by atoms with E-state index in [-0.39, 0.29) is 5.91 Å². The molecule has 1 aromatic heterocycles. The fourth-order valence-electron chi connectivity index (χ4n) is 2.57. The van der Waals surface area contributed by atoms with Crippen LogP contribution < -0.4 is 10.2 Å². The molecule has 102 valence electrons. The number of pyridine rings is 1. The average Bonchev–Trinajstić information content (AvgIpc) is 2.54. The Morgan fingerprint density at radius 2 is 2.10 bits per heavy atom. The van der Waals surface area contributed by atoms with Crippen LogP contribution in [0.15, 0.2) is 42.6 Å². The largest absolute Gasteiger partial charge is 0.373 e. The number of benzene rings is 1. The molecule has 2 aromatic rings. The Morgan fingerprint density at radius 1 is 1.25 bits per heavy atom. The molecule has 1 amide bonds. The van der Waals surface area contributed by atoms with Gasteiger partial charge in [0.25, 0.3) is 5.91 Å². The number of carbonyl (C=O) groups is 1. The highest BCUT2D eigenvalue weighted by molar-refractivity contribution is 6.06. The summed E-state index contributed by atoms with van der Waals surface area (Å²) in [5, 5.41) is 2.95. The monoisotopic (exact) mass is 267 g/mol. The van der Waals surface area contributed by atoms with Crippen molar-refractivity contribution >= 4 is 17.4 Å². The highest BCUT2D eigenvalue weighted by Gasteiger charge is 2.23. The van der Waals surface area contributed by atoms with Gasteiger partial charge in [-0.2, -0.15) is 0 Å². The van der Waals surface area contributed by atoms with Gasteiger partial charge < -0.3 is 10.2 Å². The maximum Gasteiger partial charge on any atom is 0.259 e. The van der Waals surface area contributed by atoms with E-state index in [4.69, 9.17) is 0 Å². The third kappa shape index (κ3) is 2.25. The van der Waals surface area contributed by atoms with Crippen molar-refractivity contribution < 1.29 is 4.79 Å². The second-order valence-corrected chi connectivity index (χ2v) is 4.87. The molecule has 4 nitrogen and oxygen atoms in total. The summed E-state index contributed by atoms with van der Waals surface area (Å²) >= 11 is 0. The van der Waals surface area contributed by atoms with Crippen LogP contribution in [0.3, 0.4) is 0 Å². The molecule has 0 unspecified atom stereocenters. The van der Waals surface area contributed by atoms with Crippen molar-refractivity contribution in [1.29, 1.82) is 0 Å². The molecule has 3 rings (SSSR count). The summed E-state index contributed by atoms with van der Waals surface area (Å²) in [5.74, 6) is 0.785. The van der Waals surface area contributed by atoms with Crippen LogP contribution in [0.25, 0.3) is 0 Å². The lowest BCUT2D eigenvalue weighted by Gasteiger charge is -2.29. The number of nitrogens with one attached hydrogen (secondary N) is 1. The van der Waals surface area contributed by atoms with Crippen molar-refractivity contribution in [2.75, 3.05) is 23.8 Å². The summed E-state index contributed by atoms with van der Waals surface area (Å²) in [6.45, 7) is 0.767.